The largest absolute Gasteiger partial charge is 0.454 e. The molecular formula is C16H13N3O7S. The van der Waals surface area contributed by atoms with Crippen LogP contribution in [0.3, 0.4) is 0 Å². The summed E-state index contributed by atoms with van der Waals surface area (Å²) >= 11 is 0. The summed E-state index contributed by atoms with van der Waals surface area (Å²) < 4.78 is 47.7. The van der Waals surface area contributed by atoms with Crippen molar-refractivity contribution in [3.63, 3.8) is 0 Å². The van der Waals surface area contributed by atoms with Crippen LogP contribution < -0.4 is 19.5 Å². The van der Waals surface area contributed by atoms with Gasteiger partial charge < -0.3 is 23.7 Å². The number of fused-ring (bicyclic) bond motifs is 1. The Balaban J connectivity index is 1.50. The highest BCUT2D eigenvalue weighted by Crippen LogP contribution is 2.34. The van der Waals surface area contributed by atoms with E-state index in [4.69, 9.17) is 18.4 Å². The summed E-state index contributed by atoms with van der Waals surface area (Å²) in [7, 11) is -4.04. The second kappa shape index (κ2) is 6.36. The first-order valence-electron chi connectivity index (χ1n) is 7.68. The van der Waals surface area contributed by atoms with Crippen LogP contribution in [-0.4, -0.2) is 26.3 Å². The molecule has 1 aliphatic heterocycles. The van der Waals surface area contributed by atoms with E-state index in [1.54, 1.807) is 13.0 Å². The molecule has 2 N–H and O–H groups in total. The molecule has 0 aliphatic carbocycles. The number of nitrogens with one attached hydrogen (secondary N) is 2. The van der Waals surface area contributed by atoms with Gasteiger partial charge in [0.1, 0.15) is 5.76 Å². The standard InChI is InChI=1S/C16H13N3O7S/c1-9-6-14(18-26-9)17-16(20)12-4-5-15(25-12)27(21,22)19-10-2-3-11-13(7-10)24-8-23-11/h2-7,19H,8H2,1H3,(H,17,18,20). The van der Waals surface area contributed by atoms with Crippen LogP contribution in [0.25, 0.3) is 0 Å². The number of carbonyl (C=O) groups is 1. The van der Waals surface area contributed by atoms with Crippen molar-refractivity contribution in [1.82, 2.24) is 5.16 Å². The predicted molar refractivity (Wildman–Crippen MR) is 91.3 cm³/mol. The highest BCUT2D eigenvalue weighted by Gasteiger charge is 2.23. The summed E-state index contributed by atoms with van der Waals surface area (Å²) in [5.41, 5.74) is 0.264. The second-order valence-corrected chi connectivity index (χ2v) is 7.18. The van der Waals surface area contributed by atoms with E-state index in [0.717, 1.165) is 0 Å². The molecule has 3 aromatic rings. The third-order valence-corrected chi connectivity index (χ3v) is 4.82. The summed E-state index contributed by atoms with van der Waals surface area (Å²) in [6.45, 7) is 1.75. The predicted octanol–water partition coefficient (Wildman–Crippen LogP) is 2.36. The van der Waals surface area contributed by atoms with E-state index in [-0.39, 0.29) is 24.1 Å². The molecule has 0 saturated heterocycles. The van der Waals surface area contributed by atoms with Crippen molar-refractivity contribution in [3.8, 4) is 11.5 Å². The Morgan fingerprint density at radius 3 is 2.70 bits per heavy atom. The van der Waals surface area contributed by atoms with Crippen LogP contribution in [0.4, 0.5) is 11.5 Å². The summed E-state index contributed by atoms with van der Waals surface area (Å²) in [4.78, 5) is 12.1. The van der Waals surface area contributed by atoms with Gasteiger partial charge >= 0.3 is 0 Å². The Labute approximate surface area is 153 Å². The molecule has 27 heavy (non-hydrogen) atoms. The quantitative estimate of drug-likeness (QED) is 0.677. The molecule has 3 heterocycles. The van der Waals surface area contributed by atoms with E-state index >= 15 is 0 Å². The molecule has 1 amide bonds. The van der Waals surface area contributed by atoms with Gasteiger partial charge in [-0.2, -0.15) is 8.42 Å². The van der Waals surface area contributed by atoms with Gasteiger partial charge in [-0.25, -0.2) is 0 Å². The molecule has 4 rings (SSSR count). The van der Waals surface area contributed by atoms with Crippen molar-refractivity contribution in [2.45, 2.75) is 12.0 Å². The van der Waals surface area contributed by atoms with Crippen molar-refractivity contribution in [1.29, 1.82) is 0 Å². The molecule has 0 radical (unpaired) electrons. The molecule has 11 heteroatoms. The van der Waals surface area contributed by atoms with Crippen LogP contribution in [0, 0.1) is 6.92 Å². The van der Waals surface area contributed by atoms with Crippen molar-refractivity contribution < 1.29 is 31.6 Å². The van der Waals surface area contributed by atoms with Crippen LogP contribution in [-0.2, 0) is 10.0 Å². The molecule has 2 aromatic heterocycles. The van der Waals surface area contributed by atoms with E-state index in [2.05, 4.69) is 15.2 Å². The Bertz CT molecular complexity index is 1120. The molecule has 140 valence electrons. The van der Waals surface area contributed by atoms with Gasteiger partial charge in [0.15, 0.2) is 23.1 Å². The van der Waals surface area contributed by atoms with Gasteiger partial charge in [-0.05, 0) is 31.2 Å². The van der Waals surface area contributed by atoms with E-state index in [1.807, 2.05) is 0 Å². The zero-order valence-electron chi connectivity index (χ0n) is 13.9. The topological polar surface area (TPSA) is 133 Å². The smallest absolute Gasteiger partial charge is 0.295 e. The van der Waals surface area contributed by atoms with Crippen molar-refractivity contribution in [2.24, 2.45) is 0 Å². The molecule has 0 saturated carbocycles. The second-order valence-electron chi connectivity index (χ2n) is 5.57. The zero-order chi connectivity index (χ0) is 19.0. The maximum absolute atomic E-state index is 12.5. The first-order valence-corrected chi connectivity index (χ1v) is 9.16. The summed E-state index contributed by atoms with van der Waals surface area (Å²) in [6, 6.07) is 8.54. The number of furan rings is 1. The SMILES string of the molecule is Cc1cc(NC(=O)c2ccc(S(=O)(=O)Nc3ccc4c(c3)OCO4)o2)no1. The lowest BCUT2D eigenvalue weighted by molar-refractivity contribution is 0.0990. The summed E-state index contributed by atoms with van der Waals surface area (Å²) in [5, 5.41) is 5.64. The molecule has 0 bridgehead atoms. The van der Waals surface area contributed by atoms with Gasteiger partial charge in [0.2, 0.25) is 11.9 Å². The first kappa shape index (κ1) is 17.0. The summed E-state index contributed by atoms with van der Waals surface area (Å²) in [5.74, 6) is 0.808. The highest BCUT2D eigenvalue weighted by molar-refractivity contribution is 7.92. The number of carbonyl (C=O) groups excluding carboxylic acids is 1. The number of benzene rings is 1. The minimum atomic E-state index is -4.04. The number of sulfonamides is 1. The Morgan fingerprint density at radius 2 is 1.93 bits per heavy atom. The number of anilines is 2. The number of rotatable bonds is 5. The van der Waals surface area contributed by atoms with Crippen LogP contribution >= 0.6 is 0 Å². The fraction of sp³-hybridized carbons (Fsp3) is 0.125. The Hall–Kier alpha value is -3.47. The number of hydrogen-bond acceptors (Lipinski definition) is 8. The van der Waals surface area contributed by atoms with Crippen molar-refractivity contribution in [3.05, 3.63) is 47.9 Å². The van der Waals surface area contributed by atoms with Gasteiger partial charge in [-0.3, -0.25) is 9.52 Å². The lowest BCUT2D eigenvalue weighted by atomic mass is 10.3. The number of nitrogens with zero attached hydrogens (tertiary/aromatic N) is 1. The Morgan fingerprint density at radius 1 is 1.11 bits per heavy atom. The van der Waals surface area contributed by atoms with E-state index < -0.39 is 21.0 Å². The van der Waals surface area contributed by atoms with E-state index in [1.165, 1.54) is 30.3 Å². The molecule has 0 unspecified atom stereocenters. The molecule has 0 fully saturated rings. The molecule has 1 aliphatic rings. The average Bonchev–Trinajstić information content (AvgIpc) is 3.34. The number of aryl methyl sites for hydroxylation is 1. The maximum Gasteiger partial charge on any atom is 0.295 e. The van der Waals surface area contributed by atoms with Gasteiger partial charge in [0.05, 0.1) is 5.69 Å². The molecule has 0 spiro atoms. The van der Waals surface area contributed by atoms with Crippen LogP contribution in [0.1, 0.15) is 16.3 Å². The average molecular weight is 391 g/mol. The van der Waals surface area contributed by atoms with E-state index in [0.29, 0.717) is 17.3 Å². The lowest BCUT2D eigenvalue weighted by Gasteiger charge is -2.06. The molecule has 1 aromatic carbocycles. The van der Waals surface area contributed by atoms with Gasteiger partial charge in [0.25, 0.3) is 15.9 Å². The van der Waals surface area contributed by atoms with Crippen LogP contribution in [0.5, 0.6) is 11.5 Å². The van der Waals surface area contributed by atoms with Gasteiger partial charge in [-0.15, -0.1) is 0 Å². The minimum Gasteiger partial charge on any atom is -0.454 e. The third kappa shape index (κ3) is 3.44. The fourth-order valence-electron chi connectivity index (χ4n) is 2.36. The monoisotopic (exact) mass is 391 g/mol. The number of amides is 1. The zero-order valence-corrected chi connectivity index (χ0v) is 14.7. The normalized spacial score (nSPS) is 12.8. The van der Waals surface area contributed by atoms with Crippen LogP contribution in [0.15, 0.2) is 50.4 Å². The van der Waals surface area contributed by atoms with Gasteiger partial charge in [0, 0.05) is 12.1 Å². The lowest BCUT2D eigenvalue weighted by Crippen LogP contribution is -2.13. The molecule has 0 atom stereocenters. The van der Waals surface area contributed by atoms with Crippen molar-refractivity contribution in [2.75, 3.05) is 16.8 Å². The number of aromatic nitrogens is 1. The number of ether oxygens (including phenoxy) is 2. The van der Waals surface area contributed by atoms with Crippen LogP contribution in [0.2, 0.25) is 0 Å². The van der Waals surface area contributed by atoms with Gasteiger partial charge in [-0.1, -0.05) is 5.16 Å². The number of hydrogen-bond donors (Lipinski definition) is 2. The summed E-state index contributed by atoms with van der Waals surface area (Å²) in [6.07, 6.45) is 0. The highest BCUT2D eigenvalue weighted by atomic mass is 32.2. The fourth-order valence-corrected chi connectivity index (χ4v) is 3.34. The van der Waals surface area contributed by atoms with Crippen molar-refractivity contribution >= 4 is 27.4 Å². The molecule has 10 nitrogen and oxygen atoms in total. The Kier molecular flexibility index (Phi) is 4.00. The van der Waals surface area contributed by atoms with E-state index in [9.17, 15) is 13.2 Å². The molecular weight excluding hydrogens is 378 g/mol. The first-order chi connectivity index (χ1) is 12.9. The minimum absolute atomic E-state index is 0.0766. The third-order valence-electron chi connectivity index (χ3n) is 3.56. The maximum atomic E-state index is 12.5.